The van der Waals surface area contributed by atoms with E-state index >= 15 is 0 Å². The summed E-state index contributed by atoms with van der Waals surface area (Å²) in [5.41, 5.74) is -2.15. The molecule has 0 spiro atoms. The molecule has 1 saturated carbocycles. The molecule has 1 aliphatic rings. The largest absolute Gasteiger partial charge is 0.462 e. The van der Waals surface area contributed by atoms with Gasteiger partial charge in [0.05, 0.1) is 21.3 Å². The molecule has 6 nitrogen and oxygen atoms in total. The van der Waals surface area contributed by atoms with Crippen LogP contribution in [0.15, 0.2) is 23.1 Å². The van der Waals surface area contributed by atoms with Gasteiger partial charge in [-0.05, 0) is 37.8 Å². The Morgan fingerprint density at radius 2 is 1.92 bits per heavy atom. The van der Waals surface area contributed by atoms with Gasteiger partial charge in [0, 0.05) is 6.07 Å². The molecule has 0 radical (unpaired) electrons. The molecule has 0 bridgehead atoms. The molecule has 138 valence electrons. The van der Waals surface area contributed by atoms with E-state index in [1.165, 1.54) is 0 Å². The summed E-state index contributed by atoms with van der Waals surface area (Å²) in [5.74, 6) is -1.41. The molecule has 1 fully saturated rings. The quantitative estimate of drug-likeness (QED) is 0.443. The average Bonchev–Trinajstić information content (AvgIpc) is 2.54. The molecule has 25 heavy (non-hydrogen) atoms. The van der Waals surface area contributed by atoms with Crippen molar-refractivity contribution in [1.29, 1.82) is 0 Å². The van der Waals surface area contributed by atoms with Crippen LogP contribution in [0.5, 0.6) is 0 Å². The lowest BCUT2D eigenvalue weighted by molar-refractivity contribution is -0.388. The number of carbonyl (C=O) groups excluding carboxylic acids is 1. The Balaban J connectivity index is 2.12. The molecule has 10 heteroatoms. The highest BCUT2D eigenvalue weighted by molar-refractivity contribution is 7.85. The number of ether oxygens (including phenoxy) is 1. The van der Waals surface area contributed by atoms with Gasteiger partial charge >= 0.3 is 12.1 Å². The maximum atomic E-state index is 12.7. The summed E-state index contributed by atoms with van der Waals surface area (Å²) >= 11 is 0. The SMILES string of the molecule is O=C(CS(=O)c1ccc(C(F)(F)F)cc1[N+](=O)[O-])OC1CCCCC1. The first-order chi connectivity index (χ1) is 11.7. The fourth-order valence-corrected chi connectivity index (χ4v) is 3.64. The smallest absolute Gasteiger partial charge is 0.416 e. The minimum atomic E-state index is -4.76. The number of rotatable bonds is 5. The van der Waals surface area contributed by atoms with E-state index in [9.17, 15) is 32.3 Å². The molecule has 1 atom stereocenters. The lowest BCUT2D eigenvalue weighted by Crippen LogP contribution is -2.24. The van der Waals surface area contributed by atoms with Crippen molar-refractivity contribution in [1.82, 2.24) is 0 Å². The van der Waals surface area contributed by atoms with Crippen molar-refractivity contribution >= 4 is 22.5 Å². The molecule has 1 aromatic carbocycles. The number of esters is 1. The third-order valence-corrected chi connectivity index (χ3v) is 5.16. The molecule has 1 aliphatic carbocycles. The number of carbonyl (C=O) groups is 1. The van der Waals surface area contributed by atoms with Gasteiger partial charge in [-0.15, -0.1) is 0 Å². The van der Waals surface area contributed by atoms with Crippen LogP contribution in [-0.4, -0.2) is 27.0 Å². The Morgan fingerprint density at radius 1 is 1.28 bits per heavy atom. The number of alkyl halides is 3. The van der Waals surface area contributed by atoms with E-state index in [1.54, 1.807) is 0 Å². The van der Waals surface area contributed by atoms with Gasteiger partial charge < -0.3 is 4.74 Å². The second-order valence-corrected chi connectivity index (χ2v) is 7.10. The maximum absolute atomic E-state index is 12.7. The number of hydrogen-bond donors (Lipinski definition) is 0. The van der Waals surface area contributed by atoms with Gasteiger partial charge in [-0.2, -0.15) is 13.2 Å². The van der Waals surface area contributed by atoms with E-state index in [1.807, 2.05) is 0 Å². The Kier molecular flexibility index (Phi) is 6.15. The summed E-state index contributed by atoms with van der Waals surface area (Å²) in [6.07, 6.45) is -0.711. The highest BCUT2D eigenvalue weighted by Crippen LogP contribution is 2.34. The van der Waals surface area contributed by atoms with E-state index in [-0.39, 0.29) is 6.10 Å². The van der Waals surface area contributed by atoms with Crippen LogP contribution >= 0.6 is 0 Å². The summed E-state index contributed by atoms with van der Waals surface area (Å²) in [4.78, 5) is 21.4. The zero-order chi connectivity index (χ0) is 18.6. The van der Waals surface area contributed by atoms with Gasteiger partial charge in [0.1, 0.15) is 16.8 Å². The molecular formula is C15H16F3NO5S. The van der Waals surface area contributed by atoms with Crippen LogP contribution in [0.3, 0.4) is 0 Å². The minimum absolute atomic E-state index is 0.263. The van der Waals surface area contributed by atoms with Crippen LogP contribution < -0.4 is 0 Å². The average molecular weight is 379 g/mol. The molecule has 1 unspecified atom stereocenters. The number of nitrogens with zero attached hydrogens (tertiary/aromatic N) is 1. The molecule has 0 N–H and O–H groups in total. The van der Waals surface area contributed by atoms with Crippen LogP contribution in [0, 0.1) is 10.1 Å². The van der Waals surface area contributed by atoms with Crippen molar-refractivity contribution < 1.29 is 31.8 Å². The Labute approximate surface area is 144 Å². The van der Waals surface area contributed by atoms with Crippen molar-refractivity contribution in [2.45, 2.75) is 49.3 Å². The van der Waals surface area contributed by atoms with Gasteiger partial charge in [-0.3, -0.25) is 19.1 Å². The highest BCUT2D eigenvalue weighted by atomic mass is 32.2. The van der Waals surface area contributed by atoms with E-state index in [0.29, 0.717) is 25.0 Å². The van der Waals surface area contributed by atoms with Crippen LogP contribution in [-0.2, 0) is 26.5 Å². The van der Waals surface area contributed by atoms with Gasteiger partial charge in [-0.25, -0.2) is 0 Å². The number of halogens is 3. The molecule has 0 aliphatic heterocycles. The molecule has 1 aromatic rings. The van der Waals surface area contributed by atoms with E-state index in [4.69, 9.17) is 4.74 Å². The van der Waals surface area contributed by atoms with Crippen molar-refractivity contribution in [2.24, 2.45) is 0 Å². The summed E-state index contributed by atoms with van der Waals surface area (Å²) in [6, 6.07) is 1.69. The molecule has 0 saturated heterocycles. The summed E-state index contributed by atoms with van der Waals surface area (Å²) in [6.45, 7) is 0. The third-order valence-electron chi connectivity index (χ3n) is 3.83. The van der Waals surface area contributed by atoms with Crippen LogP contribution in [0.1, 0.15) is 37.7 Å². The molecule has 0 aromatic heterocycles. The molecular weight excluding hydrogens is 363 g/mol. The second-order valence-electron chi connectivity index (χ2n) is 5.68. The Morgan fingerprint density at radius 3 is 2.48 bits per heavy atom. The number of nitro groups is 1. The van der Waals surface area contributed by atoms with E-state index in [2.05, 4.69) is 0 Å². The predicted octanol–water partition coefficient (Wildman–Crippen LogP) is 3.60. The standard InChI is InChI=1S/C15H16F3NO5S/c16-15(17,18)10-6-7-13(12(8-10)19(21)22)25(23)9-14(20)24-11-4-2-1-3-5-11/h6-8,11H,1-5,9H2. The third kappa shape index (κ3) is 5.25. The van der Waals surface area contributed by atoms with Gasteiger partial charge in [0.25, 0.3) is 5.69 Å². The van der Waals surface area contributed by atoms with Gasteiger partial charge in [0.2, 0.25) is 0 Å². The topological polar surface area (TPSA) is 86.5 Å². The summed E-state index contributed by atoms with van der Waals surface area (Å²) in [5, 5.41) is 11.0. The summed E-state index contributed by atoms with van der Waals surface area (Å²) in [7, 11) is -2.17. The first-order valence-corrected chi connectivity index (χ1v) is 8.94. The zero-order valence-electron chi connectivity index (χ0n) is 13.1. The van der Waals surface area contributed by atoms with Crippen LogP contribution in [0.25, 0.3) is 0 Å². The van der Waals surface area contributed by atoms with Crippen molar-refractivity contribution in [3.63, 3.8) is 0 Å². The Hall–Kier alpha value is -1.97. The summed E-state index contributed by atoms with van der Waals surface area (Å²) < 4.78 is 55.4. The lowest BCUT2D eigenvalue weighted by Gasteiger charge is -2.21. The number of hydrogen-bond acceptors (Lipinski definition) is 5. The van der Waals surface area contributed by atoms with Crippen LogP contribution in [0.2, 0.25) is 0 Å². The lowest BCUT2D eigenvalue weighted by atomic mass is 9.98. The van der Waals surface area contributed by atoms with Crippen molar-refractivity contribution in [3.8, 4) is 0 Å². The number of benzene rings is 1. The predicted molar refractivity (Wildman–Crippen MR) is 82.3 cm³/mol. The first-order valence-electron chi connectivity index (χ1n) is 7.62. The zero-order valence-corrected chi connectivity index (χ0v) is 13.9. The second kappa shape index (κ2) is 7.94. The van der Waals surface area contributed by atoms with Gasteiger partial charge in [-0.1, -0.05) is 6.42 Å². The molecule has 2 rings (SSSR count). The van der Waals surface area contributed by atoms with E-state index in [0.717, 1.165) is 25.3 Å². The first kappa shape index (κ1) is 19.4. The fourth-order valence-electron chi connectivity index (χ4n) is 2.62. The molecule has 0 heterocycles. The highest BCUT2D eigenvalue weighted by Gasteiger charge is 2.34. The monoisotopic (exact) mass is 379 g/mol. The Bertz CT molecular complexity index is 686. The van der Waals surface area contributed by atoms with Crippen LogP contribution in [0.4, 0.5) is 18.9 Å². The van der Waals surface area contributed by atoms with Crippen molar-refractivity contribution in [3.05, 3.63) is 33.9 Å². The normalized spacial score (nSPS) is 17.1. The maximum Gasteiger partial charge on any atom is 0.416 e. The van der Waals surface area contributed by atoms with E-state index < -0.39 is 49.8 Å². The fraction of sp³-hybridized carbons (Fsp3) is 0.533. The number of nitro benzene ring substituents is 1. The van der Waals surface area contributed by atoms with Crippen molar-refractivity contribution in [2.75, 3.05) is 5.75 Å². The van der Waals surface area contributed by atoms with Gasteiger partial charge in [0.15, 0.2) is 0 Å². The minimum Gasteiger partial charge on any atom is -0.462 e. The molecule has 0 amide bonds.